The van der Waals surface area contributed by atoms with Gasteiger partial charge in [-0.05, 0) is 40.7 Å². The second-order valence-electron chi connectivity index (χ2n) is 8.09. The normalized spacial score (nSPS) is 13.0. The SMILES string of the molecule is COC(CNC(=O)OCC1c2ccccc2-c2ccccc21)CC(=O)Nc1snc(C)c1C(=O)O. The number of carboxylic acids is 1. The molecule has 0 radical (unpaired) electrons. The molecule has 1 aliphatic rings. The highest BCUT2D eigenvalue weighted by atomic mass is 32.1. The number of carbonyl (C=O) groups is 3. The van der Waals surface area contributed by atoms with Crippen LogP contribution in [0.15, 0.2) is 48.5 Å². The smallest absolute Gasteiger partial charge is 0.407 e. The average Bonchev–Trinajstić information content (AvgIpc) is 3.37. The van der Waals surface area contributed by atoms with E-state index in [0.29, 0.717) is 5.69 Å². The number of rotatable bonds is 9. The van der Waals surface area contributed by atoms with Gasteiger partial charge in [-0.1, -0.05) is 48.5 Å². The number of carboxylic acid groups (broad SMARTS) is 1. The maximum absolute atomic E-state index is 12.4. The average molecular weight is 496 g/mol. The van der Waals surface area contributed by atoms with Crippen LogP contribution in [0.5, 0.6) is 0 Å². The molecule has 2 aromatic carbocycles. The molecular weight excluding hydrogens is 470 g/mol. The molecule has 1 atom stereocenters. The minimum absolute atomic E-state index is 0.0333. The number of fused-ring (bicyclic) bond motifs is 3. The topological polar surface area (TPSA) is 127 Å². The molecule has 0 bridgehead atoms. The Morgan fingerprint density at radius 1 is 1.09 bits per heavy atom. The van der Waals surface area contributed by atoms with Gasteiger partial charge in [-0.2, -0.15) is 4.37 Å². The summed E-state index contributed by atoms with van der Waals surface area (Å²) in [5.41, 5.74) is 4.82. The number of alkyl carbamates (subject to hydrolysis) is 1. The summed E-state index contributed by atoms with van der Waals surface area (Å²) in [5, 5.41) is 14.7. The van der Waals surface area contributed by atoms with E-state index in [1.54, 1.807) is 6.92 Å². The lowest BCUT2D eigenvalue weighted by molar-refractivity contribution is -0.118. The van der Waals surface area contributed by atoms with Gasteiger partial charge in [-0.3, -0.25) is 4.79 Å². The zero-order chi connectivity index (χ0) is 24.9. The molecule has 1 aromatic heterocycles. The molecule has 35 heavy (non-hydrogen) atoms. The van der Waals surface area contributed by atoms with Gasteiger partial charge in [0.25, 0.3) is 0 Å². The van der Waals surface area contributed by atoms with E-state index in [1.807, 2.05) is 36.4 Å². The van der Waals surface area contributed by atoms with Crippen molar-refractivity contribution < 1.29 is 29.0 Å². The van der Waals surface area contributed by atoms with Crippen molar-refractivity contribution in [3.63, 3.8) is 0 Å². The maximum atomic E-state index is 12.4. The van der Waals surface area contributed by atoms with Crippen LogP contribution in [0.25, 0.3) is 11.1 Å². The van der Waals surface area contributed by atoms with Crippen LogP contribution in [0.1, 0.15) is 39.5 Å². The van der Waals surface area contributed by atoms with E-state index in [1.165, 1.54) is 7.11 Å². The van der Waals surface area contributed by atoms with Gasteiger partial charge in [0, 0.05) is 19.6 Å². The van der Waals surface area contributed by atoms with Crippen LogP contribution < -0.4 is 10.6 Å². The van der Waals surface area contributed by atoms with Gasteiger partial charge in [0.15, 0.2) is 0 Å². The summed E-state index contributed by atoms with van der Waals surface area (Å²) in [7, 11) is 1.43. The first-order valence-electron chi connectivity index (χ1n) is 11.0. The number of hydrogen-bond acceptors (Lipinski definition) is 7. The van der Waals surface area contributed by atoms with E-state index in [9.17, 15) is 19.5 Å². The van der Waals surface area contributed by atoms with Crippen molar-refractivity contribution in [1.82, 2.24) is 9.69 Å². The van der Waals surface area contributed by atoms with Crippen molar-refractivity contribution in [2.24, 2.45) is 0 Å². The lowest BCUT2D eigenvalue weighted by Gasteiger charge is -2.17. The van der Waals surface area contributed by atoms with Gasteiger partial charge in [0.1, 0.15) is 17.2 Å². The van der Waals surface area contributed by atoms with Gasteiger partial charge in [-0.15, -0.1) is 0 Å². The molecule has 182 valence electrons. The van der Waals surface area contributed by atoms with Crippen LogP contribution in [0.2, 0.25) is 0 Å². The van der Waals surface area contributed by atoms with Crippen LogP contribution in [-0.4, -0.2) is 53.8 Å². The first-order chi connectivity index (χ1) is 16.9. The number of hydrogen-bond donors (Lipinski definition) is 3. The van der Waals surface area contributed by atoms with E-state index in [4.69, 9.17) is 9.47 Å². The van der Waals surface area contributed by atoms with Gasteiger partial charge in [0.05, 0.1) is 18.2 Å². The summed E-state index contributed by atoms with van der Waals surface area (Å²) < 4.78 is 14.8. The zero-order valence-corrected chi connectivity index (χ0v) is 20.1. The number of ether oxygens (including phenoxy) is 2. The minimum atomic E-state index is -1.16. The fraction of sp³-hybridized carbons (Fsp3) is 0.280. The number of aromatic carboxylic acids is 1. The Labute approximate surface area is 206 Å². The summed E-state index contributed by atoms with van der Waals surface area (Å²) in [4.78, 5) is 36.1. The summed E-state index contributed by atoms with van der Waals surface area (Å²) >= 11 is 0.901. The fourth-order valence-corrected chi connectivity index (χ4v) is 4.98. The molecule has 0 spiro atoms. The molecular formula is C25H25N3O6S. The summed E-state index contributed by atoms with van der Waals surface area (Å²) in [6.07, 6.45) is -1.32. The molecule has 3 N–H and O–H groups in total. The number of anilines is 1. The lowest BCUT2D eigenvalue weighted by atomic mass is 9.98. The van der Waals surface area contributed by atoms with Crippen molar-refractivity contribution in [3.8, 4) is 11.1 Å². The first kappa shape index (κ1) is 24.4. The molecule has 2 amide bonds. The molecule has 0 fully saturated rings. The molecule has 4 rings (SSSR count). The number of amides is 2. The lowest BCUT2D eigenvalue weighted by Crippen LogP contribution is -2.36. The van der Waals surface area contributed by atoms with Crippen molar-refractivity contribution >= 4 is 34.5 Å². The van der Waals surface area contributed by atoms with Gasteiger partial charge >= 0.3 is 12.1 Å². The van der Waals surface area contributed by atoms with E-state index < -0.39 is 24.1 Å². The Balaban J connectivity index is 1.29. The molecule has 1 unspecified atom stereocenters. The van der Waals surface area contributed by atoms with E-state index >= 15 is 0 Å². The monoisotopic (exact) mass is 495 g/mol. The second kappa shape index (κ2) is 10.7. The van der Waals surface area contributed by atoms with E-state index in [-0.39, 0.29) is 36.1 Å². The number of aromatic nitrogens is 1. The zero-order valence-electron chi connectivity index (χ0n) is 19.2. The molecule has 3 aromatic rings. The van der Waals surface area contributed by atoms with Crippen molar-refractivity contribution in [2.75, 3.05) is 25.6 Å². The second-order valence-corrected chi connectivity index (χ2v) is 8.87. The number of methoxy groups -OCH3 is 1. The molecule has 0 saturated heterocycles. The van der Waals surface area contributed by atoms with Crippen LogP contribution in [0.3, 0.4) is 0 Å². The number of nitrogens with zero attached hydrogens (tertiary/aromatic N) is 1. The highest BCUT2D eigenvalue weighted by Crippen LogP contribution is 2.44. The molecule has 9 nitrogen and oxygen atoms in total. The Hall–Kier alpha value is -3.76. The number of aryl methyl sites for hydroxylation is 1. The Morgan fingerprint density at radius 3 is 2.31 bits per heavy atom. The van der Waals surface area contributed by atoms with Crippen molar-refractivity contribution in [1.29, 1.82) is 0 Å². The van der Waals surface area contributed by atoms with E-state index in [0.717, 1.165) is 33.8 Å². The first-order valence-corrected chi connectivity index (χ1v) is 11.8. The Morgan fingerprint density at radius 2 is 1.71 bits per heavy atom. The number of nitrogens with one attached hydrogen (secondary N) is 2. The molecule has 1 aliphatic carbocycles. The maximum Gasteiger partial charge on any atom is 0.407 e. The third-order valence-corrected chi connectivity index (χ3v) is 6.75. The fourth-order valence-electron chi connectivity index (χ4n) is 4.18. The molecule has 1 heterocycles. The quantitative estimate of drug-likeness (QED) is 0.409. The van der Waals surface area contributed by atoms with Crippen LogP contribution in [-0.2, 0) is 14.3 Å². The number of benzene rings is 2. The standard InChI is InChI=1S/C25H25N3O6S/c1-14-22(24(30)31)23(35-28-14)27-21(29)11-15(33-2)12-26-25(32)34-13-20-18-9-5-3-7-16(18)17-8-4-6-10-19(17)20/h3-10,15,20H,11-13H2,1-2H3,(H,26,32)(H,27,29)(H,30,31). The van der Waals surface area contributed by atoms with Crippen LogP contribution in [0, 0.1) is 6.92 Å². The summed E-state index contributed by atoms with van der Waals surface area (Å²) in [6.45, 7) is 1.79. The van der Waals surface area contributed by atoms with Gasteiger partial charge in [-0.25, -0.2) is 9.59 Å². The minimum Gasteiger partial charge on any atom is -0.478 e. The predicted molar refractivity (Wildman–Crippen MR) is 131 cm³/mol. The Bertz CT molecular complexity index is 1210. The Kier molecular flexibility index (Phi) is 7.42. The molecule has 0 saturated carbocycles. The third-order valence-electron chi connectivity index (χ3n) is 5.89. The summed E-state index contributed by atoms with van der Waals surface area (Å²) in [6, 6.07) is 16.1. The number of carbonyl (C=O) groups excluding carboxylic acids is 2. The molecule has 0 aliphatic heterocycles. The van der Waals surface area contributed by atoms with Crippen molar-refractivity contribution in [2.45, 2.75) is 25.4 Å². The van der Waals surface area contributed by atoms with E-state index in [2.05, 4.69) is 27.1 Å². The van der Waals surface area contributed by atoms with Crippen LogP contribution >= 0.6 is 11.5 Å². The summed E-state index contributed by atoms with van der Waals surface area (Å²) in [5.74, 6) is -1.66. The predicted octanol–water partition coefficient (Wildman–Crippen LogP) is 4.03. The molecule has 10 heteroatoms. The van der Waals surface area contributed by atoms with Gasteiger partial charge in [0.2, 0.25) is 5.91 Å². The van der Waals surface area contributed by atoms with Crippen molar-refractivity contribution in [3.05, 3.63) is 70.9 Å². The highest BCUT2D eigenvalue weighted by molar-refractivity contribution is 7.11. The largest absolute Gasteiger partial charge is 0.478 e. The third kappa shape index (κ3) is 5.33. The highest BCUT2D eigenvalue weighted by Gasteiger charge is 2.29. The van der Waals surface area contributed by atoms with Gasteiger partial charge < -0.3 is 25.2 Å². The van der Waals surface area contributed by atoms with Crippen LogP contribution in [0.4, 0.5) is 9.80 Å².